The van der Waals surface area contributed by atoms with Crippen LogP contribution in [0.3, 0.4) is 0 Å². The summed E-state index contributed by atoms with van der Waals surface area (Å²) in [6.45, 7) is 5.69. The SMILES string of the molecule is Cc1nn(C)cc1CN1CCCC1. The largest absolute Gasteiger partial charge is 0.299 e. The number of likely N-dealkylation sites (tertiary alicyclic amines) is 1. The summed E-state index contributed by atoms with van der Waals surface area (Å²) in [6, 6.07) is 0. The van der Waals surface area contributed by atoms with E-state index in [1.54, 1.807) is 0 Å². The Hall–Kier alpha value is -0.830. The third-order valence-corrected chi connectivity index (χ3v) is 2.71. The first kappa shape index (κ1) is 8.75. The molecule has 13 heavy (non-hydrogen) atoms. The van der Waals surface area contributed by atoms with Crippen LogP contribution in [0.25, 0.3) is 0 Å². The summed E-state index contributed by atoms with van der Waals surface area (Å²) in [5.74, 6) is 0. The van der Waals surface area contributed by atoms with Gasteiger partial charge < -0.3 is 0 Å². The van der Waals surface area contributed by atoms with Gasteiger partial charge >= 0.3 is 0 Å². The molecule has 72 valence electrons. The van der Waals surface area contributed by atoms with Gasteiger partial charge in [0, 0.05) is 25.4 Å². The molecular weight excluding hydrogens is 162 g/mol. The fraction of sp³-hybridized carbons (Fsp3) is 0.700. The minimum Gasteiger partial charge on any atom is -0.299 e. The average Bonchev–Trinajstić information content (AvgIpc) is 2.63. The molecule has 0 aromatic carbocycles. The van der Waals surface area contributed by atoms with Crippen LogP contribution in [0.15, 0.2) is 6.20 Å². The molecule has 3 heteroatoms. The van der Waals surface area contributed by atoms with Gasteiger partial charge in [-0.3, -0.25) is 9.58 Å². The summed E-state index contributed by atoms with van der Waals surface area (Å²) in [4.78, 5) is 2.50. The van der Waals surface area contributed by atoms with Crippen LogP contribution >= 0.6 is 0 Å². The first-order valence-corrected chi connectivity index (χ1v) is 4.97. The van der Waals surface area contributed by atoms with Gasteiger partial charge in [0.2, 0.25) is 0 Å². The van der Waals surface area contributed by atoms with E-state index in [-0.39, 0.29) is 0 Å². The molecule has 0 saturated carbocycles. The van der Waals surface area contributed by atoms with Crippen molar-refractivity contribution in [3.8, 4) is 0 Å². The predicted molar refractivity (Wildman–Crippen MR) is 52.5 cm³/mol. The highest BCUT2D eigenvalue weighted by Gasteiger charge is 2.13. The summed E-state index contributed by atoms with van der Waals surface area (Å²) in [5.41, 5.74) is 2.55. The molecule has 0 atom stereocenters. The van der Waals surface area contributed by atoms with Crippen molar-refractivity contribution in [2.45, 2.75) is 26.3 Å². The smallest absolute Gasteiger partial charge is 0.0638 e. The molecule has 1 fully saturated rings. The Kier molecular flexibility index (Phi) is 2.36. The highest BCUT2D eigenvalue weighted by Crippen LogP contribution is 2.14. The lowest BCUT2D eigenvalue weighted by molar-refractivity contribution is 0.330. The van der Waals surface area contributed by atoms with Gasteiger partial charge in [-0.1, -0.05) is 0 Å². The third kappa shape index (κ3) is 1.91. The van der Waals surface area contributed by atoms with E-state index in [4.69, 9.17) is 0 Å². The Morgan fingerprint density at radius 2 is 2.08 bits per heavy atom. The second kappa shape index (κ2) is 3.50. The molecule has 1 aromatic rings. The Balaban J connectivity index is 2.03. The van der Waals surface area contributed by atoms with Crippen molar-refractivity contribution in [3.05, 3.63) is 17.5 Å². The summed E-state index contributed by atoms with van der Waals surface area (Å²) in [7, 11) is 1.99. The summed E-state index contributed by atoms with van der Waals surface area (Å²) in [6.07, 6.45) is 4.85. The van der Waals surface area contributed by atoms with Crippen molar-refractivity contribution in [2.24, 2.45) is 7.05 Å². The highest BCUT2D eigenvalue weighted by molar-refractivity contribution is 5.15. The van der Waals surface area contributed by atoms with Crippen LogP contribution in [0.2, 0.25) is 0 Å². The van der Waals surface area contributed by atoms with Crippen molar-refractivity contribution in [1.29, 1.82) is 0 Å². The maximum absolute atomic E-state index is 4.34. The van der Waals surface area contributed by atoms with Crippen LogP contribution in [-0.2, 0) is 13.6 Å². The van der Waals surface area contributed by atoms with E-state index in [0.717, 1.165) is 6.54 Å². The number of rotatable bonds is 2. The summed E-state index contributed by atoms with van der Waals surface area (Å²) in [5, 5.41) is 4.34. The molecule has 2 rings (SSSR count). The molecular formula is C10H17N3. The Labute approximate surface area is 79.3 Å². The summed E-state index contributed by atoms with van der Waals surface area (Å²) < 4.78 is 1.90. The molecule has 0 aliphatic carbocycles. The van der Waals surface area contributed by atoms with Crippen LogP contribution in [0, 0.1) is 6.92 Å². The van der Waals surface area contributed by atoms with Crippen LogP contribution < -0.4 is 0 Å². The standard InChI is InChI=1S/C10H17N3/c1-9-10(7-12(2)11-9)8-13-5-3-4-6-13/h7H,3-6,8H2,1-2H3. The van der Waals surface area contributed by atoms with Gasteiger partial charge in [-0.05, 0) is 32.9 Å². The lowest BCUT2D eigenvalue weighted by Crippen LogP contribution is -2.18. The molecule has 0 bridgehead atoms. The summed E-state index contributed by atoms with van der Waals surface area (Å²) >= 11 is 0. The second-order valence-electron chi connectivity index (χ2n) is 3.90. The van der Waals surface area contributed by atoms with Crippen molar-refractivity contribution in [2.75, 3.05) is 13.1 Å². The third-order valence-electron chi connectivity index (χ3n) is 2.71. The quantitative estimate of drug-likeness (QED) is 0.683. The first-order valence-electron chi connectivity index (χ1n) is 4.97. The Morgan fingerprint density at radius 3 is 2.62 bits per heavy atom. The van der Waals surface area contributed by atoms with E-state index in [9.17, 15) is 0 Å². The molecule has 0 amide bonds. The maximum atomic E-state index is 4.34. The number of aromatic nitrogens is 2. The van der Waals surface area contributed by atoms with Gasteiger partial charge in [-0.2, -0.15) is 5.10 Å². The van der Waals surface area contributed by atoms with Crippen LogP contribution in [0.5, 0.6) is 0 Å². The first-order chi connectivity index (χ1) is 6.25. The highest BCUT2D eigenvalue weighted by atomic mass is 15.3. The van der Waals surface area contributed by atoms with E-state index >= 15 is 0 Å². The van der Waals surface area contributed by atoms with Gasteiger partial charge in [0.05, 0.1) is 5.69 Å². The number of hydrogen-bond donors (Lipinski definition) is 0. The zero-order chi connectivity index (χ0) is 9.26. The van der Waals surface area contributed by atoms with Crippen LogP contribution in [-0.4, -0.2) is 27.8 Å². The fourth-order valence-electron chi connectivity index (χ4n) is 1.99. The lowest BCUT2D eigenvalue weighted by Gasteiger charge is -2.13. The van der Waals surface area contributed by atoms with E-state index < -0.39 is 0 Å². The van der Waals surface area contributed by atoms with Crippen molar-refractivity contribution in [1.82, 2.24) is 14.7 Å². The van der Waals surface area contributed by atoms with E-state index in [0.29, 0.717) is 0 Å². The Morgan fingerprint density at radius 1 is 1.38 bits per heavy atom. The van der Waals surface area contributed by atoms with E-state index in [1.807, 2.05) is 11.7 Å². The molecule has 1 aliphatic rings. The monoisotopic (exact) mass is 179 g/mol. The van der Waals surface area contributed by atoms with Gasteiger partial charge in [-0.25, -0.2) is 0 Å². The topological polar surface area (TPSA) is 21.1 Å². The average molecular weight is 179 g/mol. The van der Waals surface area contributed by atoms with Crippen LogP contribution in [0.1, 0.15) is 24.1 Å². The minimum atomic E-state index is 1.08. The zero-order valence-electron chi connectivity index (χ0n) is 8.45. The van der Waals surface area contributed by atoms with Crippen LogP contribution in [0.4, 0.5) is 0 Å². The molecule has 1 aromatic heterocycles. The molecule has 1 saturated heterocycles. The predicted octanol–water partition coefficient (Wildman–Crippen LogP) is 1.32. The molecule has 0 N–H and O–H groups in total. The number of aryl methyl sites for hydroxylation is 2. The van der Waals surface area contributed by atoms with Crippen molar-refractivity contribution >= 4 is 0 Å². The van der Waals surface area contributed by atoms with Gasteiger partial charge in [0.1, 0.15) is 0 Å². The van der Waals surface area contributed by atoms with E-state index in [2.05, 4.69) is 23.1 Å². The fourth-order valence-corrected chi connectivity index (χ4v) is 1.99. The zero-order valence-corrected chi connectivity index (χ0v) is 8.45. The molecule has 3 nitrogen and oxygen atoms in total. The number of nitrogens with zero attached hydrogens (tertiary/aromatic N) is 3. The van der Waals surface area contributed by atoms with Gasteiger partial charge in [-0.15, -0.1) is 0 Å². The Bertz CT molecular complexity index is 284. The molecule has 2 heterocycles. The van der Waals surface area contributed by atoms with Gasteiger partial charge in [0.25, 0.3) is 0 Å². The minimum absolute atomic E-state index is 1.08. The maximum Gasteiger partial charge on any atom is 0.0638 e. The molecule has 0 radical (unpaired) electrons. The molecule has 0 spiro atoms. The second-order valence-corrected chi connectivity index (χ2v) is 3.90. The van der Waals surface area contributed by atoms with Gasteiger partial charge in [0.15, 0.2) is 0 Å². The van der Waals surface area contributed by atoms with E-state index in [1.165, 1.54) is 37.2 Å². The molecule has 1 aliphatic heterocycles. The normalized spacial score (nSPS) is 18.3. The molecule has 0 unspecified atom stereocenters. The van der Waals surface area contributed by atoms with Crippen molar-refractivity contribution < 1.29 is 0 Å². The lowest BCUT2D eigenvalue weighted by atomic mass is 10.2. The number of hydrogen-bond acceptors (Lipinski definition) is 2. The van der Waals surface area contributed by atoms with Crippen molar-refractivity contribution in [3.63, 3.8) is 0 Å².